The summed E-state index contributed by atoms with van der Waals surface area (Å²) in [5, 5.41) is 5.88. The highest BCUT2D eigenvalue weighted by molar-refractivity contribution is 5.94. The van der Waals surface area contributed by atoms with E-state index in [-0.39, 0.29) is 11.6 Å². The standard InChI is InChI=1S/C12H14F2N2O/c1-7-5-15-6-11(7)16-12(17)9-3-2-8(13)4-10(9)14/h2-4,7,11,15H,5-6H2,1H3,(H,16,17). The number of carbonyl (C=O) groups is 1. The first-order valence-electron chi connectivity index (χ1n) is 5.54. The van der Waals surface area contributed by atoms with E-state index in [1.165, 1.54) is 0 Å². The molecule has 1 aliphatic rings. The molecule has 0 saturated carbocycles. The van der Waals surface area contributed by atoms with E-state index in [0.717, 1.165) is 18.7 Å². The summed E-state index contributed by atoms with van der Waals surface area (Å²) in [5.41, 5.74) is -0.120. The topological polar surface area (TPSA) is 41.1 Å². The van der Waals surface area contributed by atoms with Gasteiger partial charge >= 0.3 is 0 Å². The van der Waals surface area contributed by atoms with Crippen LogP contribution in [-0.4, -0.2) is 25.0 Å². The second-order valence-electron chi connectivity index (χ2n) is 4.34. The van der Waals surface area contributed by atoms with Gasteiger partial charge in [0.2, 0.25) is 0 Å². The molecule has 92 valence electrons. The number of nitrogens with one attached hydrogen (secondary N) is 2. The normalized spacial score (nSPS) is 23.7. The van der Waals surface area contributed by atoms with E-state index in [1.54, 1.807) is 0 Å². The maximum absolute atomic E-state index is 13.4. The summed E-state index contributed by atoms with van der Waals surface area (Å²) in [7, 11) is 0. The van der Waals surface area contributed by atoms with Gasteiger partial charge in [-0.2, -0.15) is 0 Å². The molecule has 2 N–H and O–H groups in total. The van der Waals surface area contributed by atoms with Gasteiger partial charge in [-0.25, -0.2) is 8.78 Å². The number of amides is 1. The van der Waals surface area contributed by atoms with Gasteiger partial charge in [-0.1, -0.05) is 6.92 Å². The maximum Gasteiger partial charge on any atom is 0.254 e. The van der Waals surface area contributed by atoms with Gasteiger partial charge < -0.3 is 10.6 Å². The molecule has 1 aliphatic heterocycles. The second-order valence-corrected chi connectivity index (χ2v) is 4.34. The van der Waals surface area contributed by atoms with Crippen LogP contribution in [0.3, 0.4) is 0 Å². The number of hydrogen-bond acceptors (Lipinski definition) is 2. The minimum Gasteiger partial charge on any atom is -0.348 e. The first-order chi connectivity index (χ1) is 8.08. The monoisotopic (exact) mass is 240 g/mol. The molecule has 0 spiro atoms. The first kappa shape index (κ1) is 12.0. The van der Waals surface area contributed by atoms with Gasteiger partial charge in [0.05, 0.1) is 5.56 Å². The predicted molar refractivity (Wildman–Crippen MR) is 59.6 cm³/mol. The Morgan fingerprint density at radius 1 is 1.41 bits per heavy atom. The lowest BCUT2D eigenvalue weighted by Crippen LogP contribution is -2.39. The van der Waals surface area contributed by atoms with Gasteiger partial charge in [0.25, 0.3) is 5.91 Å². The van der Waals surface area contributed by atoms with Gasteiger partial charge in [-0.3, -0.25) is 4.79 Å². The molecule has 1 aromatic carbocycles. The van der Waals surface area contributed by atoms with E-state index in [0.29, 0.717) is 18.5 Å². The van der Waals surface area contributed by atoms with Crippen LogP contribution in [0.2, 0.25) is 0 Å². The van der Waals surface area contributed by atoms with Gasteiger partial charge in [0, 0.05) is 18.7 Å². The summed E-state index contributed by atoms with van der Waals surface area (Å²) in [6.45, 7) is 3.51. The van der Waals surface area contributed by atoms with Crippen molar-refractivity contribution in [3.8, 4) is 0 Å². The lowest BCUT2D eigenvalue weighted by atomic mass is 10.1. The predicted octanol–water partition coefficient (Wildman–Crippen LogP) is 1.30. The van der Waals surface area contributed by atoms with Crippen molar-refractivity contribution >= 4 is 5.91 Å². The number of rotatable bonds is 2. The quantitative estimate of drug-likeness (QED) is 0.818. The van der Waals surface area contributed by atoms with Crippen molar-refractivity contribution < 1.29 is 13.6 Å². The van der Waals surface area contributed by atoms with Crippen LogP contribution < -0.4 is 10.6 Å². The third-order valence-electron chi connectivity index (χ3n) is 3.01. The Bertz CT molecular complexity index is 437. The zero-order chi connectivity index (χ0) is 12.4. The molecule has 0 radical (unpaired) electrons. The van der Waals surface area contributed by atoms with Crippen LogP contribution >= 0.6 is 0 Å². The van der Waals surface area contributed by atoms with E-state index < -0.39 is 17.5 Å². The van der Waals surface area contributed by atoms with Crippen molar-refractivity contribution in [2.45, 2.75) is 13.0 Å². The third-order valence-corrected chi connectivity index (χ3v) is 3.01. The molecule has 0 aliphatic carbocycles. The van der Waals surface area contributed by atoms with Crippen LogP contribution in [0, 0.1) is 17.6 Å². The zero-order valence-electron chi connectivity index (χ0n) is 9.47. The number of hydrogen-bond donors (Lipinski definition) is 2. The Morgan fingerprint density at radius 3 is 2.76 bits per heavy atom. The molecule has 5 heteroatoms. The van der Waals surface area contributed by atoms with E-state index in [1.807, 2.05) is 6.92 Å². The highest BCUT2D eigenvalue weighted by Gasteiger charge is 2.25. The number of carbonyl (C=O) groups excluding carboxylic acids is 1. The van der Waals surface area contributed by atoms with Crippen molar-refractivity contribution in [3.05, 3.63) is 35.4 Å². The molecule has 1 amide bonds. The third kappa shape index (κ3) is 2.61. The molecule has 2 rings (SSSR count). The molecule has 1 heterocycles. The molecule has 1 aromatic rings. The number of halogens is 2. The van der Waals surface area contributed by atoms with E-state index in [9.17, 15) is 13.6 Å². The first-order valence-corrected chi connectivity index (χ1v) is 5.54. The molecule has 0 bridgehead atoms. The lowest BCUT2D eigenvalue weighted by Gasteiger charge is -2.16. The molecule has 1 saturated heterocycles. The van der Waals surface area contributed by atoms with Crippen molar-refractivity contribution in [2.75, 3.05) is 13.1 Å². The van der Waals surface area contributed by atoms with Crippen LogP contribution in [0.25, 0.3) is 0 Å². The van der Waals surface area contributed by atoms with Crippen molar-refractivity contribution in [2.24, 2.45) is 5.92 Å². The van der Waals surface area contributed by atoms with E-state index >= 15 is 0 Å². The Hall–Kier alpha value is -1.49. The number of benzene rings is 1. The maximum atomic E-state index is 13.4. The molecular formula is C12H14F2N2O. The average Bonchev–Trinajstić information content (AvgIpc) is 2.64. The molecule has 1 fully saturated rings. The van der Waals surface area contributed by atoms with E-state index in [2.05, 4.69) is 10.6 Å². The van der Waals surface area contributed by atoms with Crippen LogP contribution in [0.4, 0.5) is 8.78 Å². The Balaban J connectivity index is 2.09. The van der Waals surface area contributed by atoms with Crippen LogP contribution in [0.5, 0.6) is 0 Å². The van der Waals surface area contributed by atoms with Crippen LogP contribution in [0.15, 0.2) is 18.2 Å². The molecule has 2 unspecified atom stereocenters. The second kappa shape index (κ2) is 4.79. The molecule has 0 aromatic heterocycles. The molecule has 17 heavy (non-hydrogen) atoms. The molecule has 2 atom stereocenters. The molecule has 3 nitrogen and oxygen atoms in total. The summed E-state index contributed by atoms with van der Waals surface area (Å²) in [6, 6.07) is 2.94. The van der Waals surface area contributed by atoms with Crippen LogP contribution in [-0.2, 0) is 0 Å². The fraction of sp³-hybridized carbons (Fsp3) is 0.417. The fourth-order valence-electron chi connectivity index (χ4n) is 1.92. The van der Waals surface area contributed by atoms with Crippen molar-refractivity contribution in [1.82, 2.24) is 10.6 Å². The summed E-state index contributed by atoms with van der Waals surface area (Å²) < 4.78 is 26.1. The van der Waals surface area contributed by atoms with Crippen molar-refractivity contribution in [3.63, 3.8) is 0 Å². The van der Waals surface area contributed by atoms with Crippen molar-refractivity contribution in [1.29, 1.82) is 0 Å². The summed E-state index contributed by atoms with van der Waals surface area (Å²) in [4.78, 5) is 11.8. The largest absolute Gasteiger partial charge is 0.348 e. The minimum absolute atomic E-state index is 0.00745. The Morgan fingerprint density at radius 2 is 2.18 bits per heavy atom. The smallest absolute Gasteiger partial charge is 0.254 e. The molecular weight excluding hydrogens is 226 g/mol. The van der Waals surface area contributed by atoms with Gasteiger partial charge in [0.15, 0.2) is 0 Å². The highest BCUT2D eigenvalue weighted by atomic mass is 19.1. The van der Waals surface area contributed by atoms with E-state index in [4.69, 9.17) is 0 Å². The lowest BCUT2D eigenvalue weighted by molar-refractivity contribution is 0.0928. The Labute approximate surface area is 98.2 Å². The summed E-state index contributed by atoms with van der Waals surface area (Å²) >= 11 is 0. The summed E-state index contributed by atoms with van der Waals surface area (Å²) in [5.74, 6) is -1.71. The zero-order valence-corrected chi connectivity index (χ0v) is 9.47. The summed E-state index contributed by atoms with van der Waals surface area (Å²) in [6.07, 6.45) is 0. The highest BCUT2D eigenvalue weighted by Crippen LogP contribution is 2.12. The minimum atomic E-state index is -0.832. The average molecular weight is 240 g/mol. The van der Waals surface area contributed by atoms with Gasteiger partial charge in [-0.05, 0) is 24.6 Å². The fourth-order valence-corrected chi connectivity index (χ4v) is 1.92. The van der Waals surface area contributed by atoms with Crippen LogP contribution in [0.1, 0.15) is 17.3 Å². The Kier molecular flexibility index (Phi) is 3.38. The van der Waals surface area contributed by atoms with Gasteiger partial charge in [-0.15, -0.1) is 0 Å². The van der Waals surface area contributed by atoms with Gasteiger partial charge in [0.1, 0.15) is 11.6 Å². The SMILES string of the molecule is CC1CNCC1NC(=O)c1ccc(F)cc1F.